The van der Waals surface area contributed by atoms with E-state index in [4.69, 9.17) is 4.74 Å². The van der Waals surface area contributed by atoms with E-state index in [1.807, 2.05) is 0 Å². The van der Waals surface area contributed by atoms with Gasteiger partial charge < -0.3 is 15.4 Å². The molecule has 3 rings (SSSR count). The number of amides is 2. The van der Waals surface area contributed by atoms with Gasteiger partial charge in [-0.2, -0.15) is 0 Å². The Hall–Kier alpha value is -3.06. The van der Waals surface area contributed by atoms with Gasteiger partial charge in [-0.05, 0) is 37.1 Å². The molecule has 0 atom stereocenters. The van der Waals surface area contributed by atoms with Crippen LogP contribution in [0.2, 0.25) is 0 Å². The van der Waals surface area contributed by atoms with E-state index < -0.39 is 0 Å². The van der Waals surface area contributed by atoms with Gasteiger partial charge >= 0.3 is 0 Å². The number of hydrogen-bond donors (Lipinski definition) is 2. The molecular weight excluding hydrogens is 332 g/mol. The van der Waals surface area contributed by atoms with Crippen molar-refractivity contribution in [2.75, 3.05) is 23.8 Å². The molecule has 1 aliphatic rings. The van der Waals surface area contributed by atoms with Crippen LogP contribution >= 0.6 is 0 Å². The van der Waals surface area contributed by atoms with Gasteiger partial charge in [0, 0.05) is 30.4 Å². The Kier molecular flexibility index (Phi) is 5.70. The second kappa shape index (κ2) is 8.35. The standard InChI is InChI=1S/C19H20N4O3/c1-2-17(24)22-15-5-3-4-14(10-15)19(25)23-16-11-20-18(21-12-16)13-6-8-26-9-7-13/h2-5,10-13H,1,6-9H2,(H,22,24)(H,23,25). The first-order valence-corrected chi connectivity index (χ1v) is 8.40. The number of carbonyl (C=O) groups is 2. The lowest BCUT2D eigenvalue weighted by Crippen LogP contribution is -2.17. The highest BCUT2D eigenvalue weighted by Gasteiger charge is 2.18. The SMILES string of the molecule is C=CC(=O)Nc1cccc(C(=O)Nc2cnc(C3CCOCC3)nc2)c1. The van der Waals surface area contributed by atoms with Crippen LogP contribution in [0.3, 0.4) is 0 Å². The molecule has 0 spiro atoms. The van der Waals surface area contributed by atoms with Crippen LogP contribution in [0, 0.1) is 0 Å². The zero-order valence-corrected chi connectivity index (χ0v) is 14.3. The molecule has 2 heterocycles. The molecule has 7 nitrogen and oxygen atoms in total. The van der Waals surface area contributed by atoms with Gasteiger partial charge in [-0.3, -0.25) is 9.59 Å². The molecule has 0 aliphatic carbocycles. The Labute approximate surface area is 151 Å². The summed E-state index contributed by atoms with van der Waals surface area (Å²) >= 11 is 0. The fourth-order valence-electron chi connectivity index (χ4n) is 2.70. The van der Waals surface area contributed by atoms with E-state index in [1.54, 1.807) is 36.7 Å². The van der Waals surface area contributed by atoms with Crippen LogP contribution in [0.1, 0.15) is 34.9 Å². The van der Waals surface area contributed by atoms with Crippen molar-refractivity contribution in [3.05, 3.63) is 60.7 Å². The van der Waals surface area contributed by atoms with E-state index in [2.05, 4.69) is 27.2 Å². The van der Waals surface area contributed by atoms with Gasteiger partial charge in [0.15, 0.2) is 0 Å². The molecular formula is C19H20N4O3. The molecule has 7 heteroatoms. The van der Waals surface area contributed by atoms with Gasteiger partial charge in [-0.25, -0.2) is 9.97 Å². The smallest absolute Gasteiger partial charge is 0.255 e. The van der Waals surface area contributed by atoms with Gasteiger partial charge in [-0.1, -0.05) is 12.6 Å². The Morgan fingerprint density at radius 1 is 1.12 bits per heavy atom. The van der Waals surface area contributed by atoms with Gasteiger partial charge in [-0.15, -0.1) is 0 Å². The molecule has 1 aromatic heterocycles. The van der Waals surface area contributed by atoms with Crippen molar-refractivity contribution >= 4 is 23.2 Å². The third kappa shape index (κ3) is 4.52. The average Bonchev–Trinajstić information content (AvgIpc) is 2.69. The lowest BCUT2D eigenvalue weighted by Gasteiger charge is -2.20. The summed E-state index contributed by atoms with van der Waals surface area (Å²) in [7, 11) is 0. The van der Waals surface area contributed by atoms with Crippen molar-refractivity contribution in [1.29, 1.82) is 0 Å². The Morgan fingerprint density at radius 3 is 2.54 bits per heavy atom. The molecule has 0 bridgehead atoms. The summed E-state index contributed by atoms with van der Waals surface area (Å²) in [5, 5.41) is 5.38. The maximum Gasteiger partial charge on any atom is 0.255 e. The van der Waals surface area contributed by atoms with Crippen LogP contribution in [0.25, 0.3) is 0 Å². The van der Waals surface area contributed by atoms with Crippen molar-refractivity contribution < 1.29 is 14.3 Å². The average molecular weight is 352 g/mol. The second-order valence-corrected chi connectivity index (χ2v) is 5.94. The zero-order valence-electron chi connectivity index (χ0n) is 14.3. The summed E-state index contributed by atoms with van der Waals surface area (Å²) in [5.41, 5.74) is 1.46. The number of carbonyl (C=O) groups excluding carboxylic acids is 2. The van der Waals surface area contributed by atoms with Gasteiger partial charge in [0.1, 0.15) is 5.82 Å². The molecule has 1 fully saturated rings. The van der Waals surface area contributed by atoms with Crippen LogP contribution in [0.5, 0.6) is 0 Å². The molecule has 26 heavy (non-hydrogen) atoms. The summed E-state index contributed by atoms with van der Waals surface area (Å²) in [5.74, 6) is 0.445. The summed E-state index contributed by atoms with van der Waals surface area (Å²) in [4.78, 5) is 32.5. The third-order valence-corrected chi connectivity index (χ3v) is 4.09. The number of benzene rings is 1. The minimum absolute atomic E-state index is 0.304. The first-order valence-electron chi connectivity index (χ1n) is 8.40. The minimum Gasteiger partial charge on any atom is -0.381 e. The Bertz CT molecular complexity index is 799. The van der Waals surface area contributed by atoms with Crippen molar-refractivity contribution in [1.82, 2.24) is 9.97 Å². The molecule has 0 saturated carbocycles. The van der Waals surface area contributed by atoms with Crippen LogP contribution < -0.4 is 10.6 Å². The van der Waals surface area contributed by atoms with E-state index >= 15 is 0 Å². The minimum atomic E-state index is -0.334. The Morgan fingerprint density at radius 2 is 1.85 bits per heavy atom. The highest BCUT2D eigenvalue weighted by atomic mass is 16.5. The number of anilines is 2. The maximum absolute atomic E-state index is 12.4. The lowest BCUT2D eigenvalue weighted by molar-refractivity contribution is -0.111. The molecule has 1 aliphatic heterocycles. The first kappa shape index (κ1) is 17.8. The number of rotatable bonds is 5. The molecule has 1 aromatic carbocycles. The second-order valence-electron chi connectivity index (χ2n) is 5.94. The summed E-state index contributed by atoms with van der Waals surface area (Å²) in [6.07, 6.45) is 6.21. The highest BCUT2D eigenvalue weighted by molar-refractivity contribution is 6.05. The van der Waals surface area contributed by atoms with Crippen molar-refractivity contribution in [2.24, 2.45) is 0 Å². The van der Waals surface area contributed by atoms with Crippen LogP contribution in [-0.4, -0.2) is 35.0 Å². The summed E-state index contributed by atoms with van der Waals surface area (Å²) in [6.45, 7) is 4.85. The summed E-state index contributed by atoms with van der Waals surface area (Å²) < 4.78 is 5.34. The van der Waals surface area contributed by atoms with Crippen LogP contribution in [0.4, 0.5) is 11.4 Å². The number of nitrogens with zero attached hydrogens (tertiary/aromatic N) is 2. The van der Waals surface area contributed by atoms with Gasteiger partial charge in [0.05, 0.1) is 18.1 Å². The fraction of sp³-hybridized carbons (Fsp3) is 0.263. The maximum atomic E-state index is 12.4. The molecule has 134 valence electrons. The molecule has 2 aromatic rings. The molecule has 1 saturated heterocycles. The predicted octanol–water partition coefficient (Wildman–Crippen LogP) is 2.75. The Balaban J connectivity index is 1.65. The van der Waals surface area contributed by atoms with Gasteiger partial charge in [0.2, 0.25) is 5.91 Å². The quantitative estimate of drug-likeness (QED) is 0.807. The molecule has 2 amide bonds. The van der Waals surface area contributed by atoms with Crippen molar-refractivity contribution in [3.8, 4) is 0 Å². The van der Waals surface area contributed by atoms with E-state index in [0.717, 1.165) is 31.9 Å². The zero-order chi connectivity index (χ0) is 18.4. The van der Waals surface area contributed by atoms with Crippen LogP contribution in [-0.2, 0) is 9.53 Å². The number of ether oxygens (including phenoxy) is 1. The molecule has 0 radical (unpaired) electrons. The summed E-state index contributed by atoms with van der Waals surface area (Å²) in [6, 6.07) is 6.65. The molecule has 0 unspecified atom stereocenters. The number of nitrogens with one attached hydrogen (secondary N) is 2. The van der Waals surface area contributed by atoms with Crippen molar-refractivity contribution in [3.63, 3.8) is 0 Å². The van der Waals surface area contributed by atoms with Crippen LogP contribution in [0.15, 0.2) is 49.3 Å². The van der Waals surface area contributed by atoms with Gasteiger partial charge in [0.25, 0.3) is 5.91 Å². The van der Waals surface area contributed by atoms with E-state index in [-0.39, 0.29) is 11.8 Å². The fourth-order valence-corrected chi connectivity index (χ4v) is 2.70. The lowest BCUT2D eigenvalue weighted by atomic mass is 9.99. The molecule has 2 N–H and O–H groups in total. The van der Waals surface area contributed by atoms with E-state index in [0.29, 0.717) is 22.9 Å². The largest absolute Gasteiger partial charge is 0.381 e. The topological polar surface area (TPSA) is 93.2 Å². The predicted molar refractivity (Wildman–Crippen MR) is 98.0 cm³/mol. The highest BCUT2D eigenvalue weighted by Crippen LogP contribution is 2.24. The van der Waals surface area contributed by atoms with Crippen molar-refractivity contribution in [2.45, 2.75) is 18.8 Å². The van der Waals surface area contributed by atoms with E-state index in [1.165, 1.54) is 6.08 Å². The number of aromatic nitrogens is 2. The van der Waals surface area contributed by atoms with E-state index in [9.17, 15) is 9.59 Å². The normalized spacial score (nSPS) is 14.5. The number of hydrogen-bond acceptors (Lipinski definition) is 5. The first-order chi connectivity index (χ1) is 12.7. The monoisotopic (exact) mass is 352 g/mol. The third-order valence-electron chi connectivity index (χ3n) is 4.09.